The number of nitriles is 1. The fourth-order valence-corrected chi connectivity index (χ4v) is 5.12. The molecule has 0 saturated carbocycles. The Hall–Kier alpha value is -2.69. The van der Waals surface area contributed by atoms with Crippen LogP contribution in [0.25, 0.3) is 11.4 Å². The molecule has 1 aliphatic rings. The molecule has 1 aromatic carbocycles. The van der Waals surface area contributed by atoms with Gasteiger partial charge in [-0.2, -0.15) is 10.2 Å². The van der Waals surface area contributed by atoms with Crippen LogP contribution in [0.5, 0.6) is 0 Å². The van der Waals surface area contributed by atoms with Gasteiger partial charge in [0.05, 0.1) is 5.56 Å². The second kappa shape index (κ2) is 8.99. The monoisotopic (exact) mass is 440 g/mol. The van der Waals surface area contributed by atoms with Crippen LogP contribution in [0, 0.1) is 17.2 Å². The highest BCUT2D eigenvalue weighted by Gasteiger charge is 2.24. The van der Waals surface area contributed by atoms with Crippen LogP contribution in [-0.4, -0.2) is 16.0 Å². The minimum atomic E-state index is -0.101. The zero-order valence-corrected chi connectivity index (χ0v) is 18.1. The van der Waals surface area contributed by atoms with Crippen LogP contribution >= 0.6 is 22.9 Å². The van der Waals surface area contributed by atoms with Crippen molar-refractivity contribution >= 4 is 33.8 Å². The van der Waals surface area contributed by atoms with Gasteiger partial charge in [-0.1, -0.05) is 23.7 Å². The maximum atomic E-state index is 12.4. The summed E-state index contributed by atoms with van der Waals surface area (Å²) in [6.07, 6.45) is 4.41. The summed E-state index contributed by atoms with van der Waals surface area (Å²) in [5, 5.41) is 17.8. The third-order valence-electron chi connectivity index (χ3n) is 5.24. The van der Waals surface area contributed by atoms with Crippen molar-refractivity contribution < 1.29 is 9.32 Å². The van der Waals surface area contributed by atoms with E-state index in [1.165, 1.54) is 4.88 Å². The zero-order chi connectivity index (χ0) is 21.1. The molecule has 3 aromatic rings. The Morgan fingerprint density at radius 3 is 2.97 bits per heavy atom. The summed E-state index contributed by atoms with van der Waals surface area (Å²) in [6, 6.07) is 9.49. The zero-order valence-electron chi connectivity index (χ0n) is 16.6. The van der Waals surface area contributed by atoms with E-state index in [0.717, 1.165) is 30.4 Å². The molecule has 8 heteroatoms. The standard InChI is InChI=1S/C22H21ClN4O2S/c1-13-5-10-16-17(12-24)22(30-18(16)11-13)25-19(28)3-2-4-20-26-21(27-29-20)14-6-8-15(23)9-7-14/h6-9,13H,2-5,10-11H2,1H3,(H,25,28). The molecule has 0 fully saturated rings. The highest BCUT2D eigenvalue weighted by atomic mass is 35.5. The maximum Gasteiger partial charge on any atom is 0.226 e. The van der Waals surface area contributed by atoms with Gasteiger partial charge < -0.3 is 9.84 Å². The van der Waals surface area contributed by atoms with Crippen LogP contribution in [0.2, 0.25) is 5.02 Å². The Bertz CT molecular complexity index is 1100. The molecular weight excluding hydrogens is 420 g/mol. The van der Waals surface area contributed by atoms with Gasteiger partial charge in [0.2, 0.25) is 17.6 Å². The topological polar surface area (TPSA) is 91.8 Å². The smallest absolute Gasteiger partial charge is 0.226 e. The third kappa shape index (κ3) is 4.55. The second-order valence-electron chi connectivity index (χ2n) is 7.59. The van der Waals surface area contributed by atoms with Crippen molar-refractivity contribution in [2.24, 2.45) is 5.92 Å². The summed E-state index contributed by atoms with van der Waals surface area (Å²) >= 11 is 7.44. The summed E-state index contributed by atoms with van der Waals surface area (Å²) in [7, 11) is 0. The van der Waals surface area contributed by atoms with Gasteiger partial charge in [-0.15, -0.1) is 11.3 Å². The van der Waals surface area contributed by atoms with E-state index in [2.05, 4.69) is 28.5 Å². The molecule has 0 spiro atoms. The Morgan fingerprint density at radius 2 is 2.20 bits per heavy atom. The molecule has 2 aromatic heterocycles. The first-order chi connectivity index (χ1) is 14.5. The number of halogens is 1. The number of nitrogens with zero attached hydrogens (tertiary/aromatic N) is 3. The molecule has 1 amide bonds. The molecule has 2 heterocycles. The number of anilines is 1. The first-order valence-corrected chi connectivity index (χ1v) is 11.2. The average molecular weight is 441 g/mol. The van der Waals surface area contributed by atoms with Gasteiger partial charge in [0.15, 0.2) is 0 Å². The molecule has 1 unspecified atom stereocenters. The van der Waals surface area contributed by atoms with Gasteiger partial charge in [0.1, 0.15) is 11.1 Å². The van der Waals surface area contributed by atoms with E-state index in [-0.39, 0.29) is 5.91 Å². The maximum absolute atomic E-state index is 12.4. The van der Waals surface area contributed by atoms with E-state index in [9.17, 15) is 10.1 Å². The summed E-state index contributed by atoms with van der Waals surface area (Å²) in [4.78, 5) is 18.0. The number of rotatable bonds is 6. The van der Waals surface area contributed by atoms with E-state index in [0.29, 0.717) is 52.5 Å². The second-order valence-corrected chi connectivity index (χ2v) is 9.13. The van der Waals surface area contributed by atoms with Gasteiger partial charge in [-0.3, -0.25) is 4.79 Å². The van der Waals surface area contributed by atoms with Crippen molar-refractivity contribution in [3.05, 3.63) is 51.2 Å². The molecule has 30 heavy (non-hydrogen) atoms. The van der Waals surface area contributed by atoms with Gasteiger partial charge in [0.25, 0.3) is 0 Å². The average Bonchev–Trinajstić information content (AvgIpc) is 3.32. The molecule has 1 aliphatic carbocycles. The lowest BCUT2D eigenvalue weighted by Gasteiger charge is -2.17. The number of amides is 1. The van der Waals surface area contributed by atoms with Gasteiger partial charge in [-0.25, -0.2) is 0 Å². The number of carbonyl (C=O) groups is 1. The molecular formula is C22H21ClN4O2S. The predicted molar refractivity (Wildman–Crippen MR) is 117 cm³/mol. The SMILES string of the molecule is CC1CCc2c(sc(NC(=O)CCCc3nc(-c4ccc(Cl)cc4)no3)c2C#N)C1. The van der Waals surface area contributed by atoms with Crippen molar-refractivity contribution in [1.82, 2.24) is 10.1 Å². The molecule has 6 nitrogen and oxygen atoms in total. The number of nitrogens with one attached hydrogen (secondary N) is 1. The lowest BCUT2D eigenvalue weighted by molar-refractivity contribution is -0.116. The Labute approximate surface area is 183 Å². The number of aryl methyl sites for hydroxylation is 1. The number of carbonyl (C=O) groups excluding carboxylic acids is 1. The summed E-state index contributed by atoms with van der Waals surface area (Å²) in [5.74, 6) is 1.52. The molecule has 0 bridgehead atoms. The van der Waals surface area contributed by atoms with Crippen molar-refractivity contribution in [2.75, 3.05) is 5.32 Å². The number of hydrogen-bond donors (Lipinski definition) is 1. The van der Waals surface area contributed by atoms with Gasteiger partial charge >= 0.3 is 0 Å². The van der Waals surface area contributed by atoms with E-state index in [1.54, 1.807) is 23.5 Å². The largest absolute Gasteiger partial charge is 0.339 e. The van der Waals surface area contributed by atoms with Crippen LogP contribution in [0.4, 0.5) is 5.00 Å². The molecule has 0 saturated heterocycles. The Morgan fingerprint density at radius 1 is 1.40 bits per heavy atom. The number of aromatic nitrogens is 2. The molecule has 1 N–H and O–H groups in total. The molecule has 154 valence electrons. The minimum Gasteiger partial charge on any atom is -0.339 e. The van der Waals surface area contributed by atoms with Crippen molar-refractivity contribution in [2.45, 2.75) is 45.4 Å². The van der Waals surface area contributed by atoms with Crippen molar-refractivity contribution in [3.63, 3.8) is 0 Å². The molecule has 0 aliphatic heterocycles. The molecule has 1 atom stereocenters. The molecule has 0 radical (unpaired) electrons. The Kier molecular flexibility index (Phi) is 6.16. The lowest BCUT2D eigenvalue weighted by Crippen LogP contribution is -2.12. The number of benzene rings is 1. The van der Waals surface area contributed by atoms with Gasteiger partial charge in [0, 0.05) is 28.3 Å². The number of thiophene rings is 1. The lowest BCUT2D eigenvalue weighted by atomic mass is 9.88. The highest BCUT2D eigenvalue weighted by Crippen LogP contribution is 2.39. The highest BCUT2D eigenvalue weighted by molar-refractivity contribution is 7.16. The summed E-state index contributed by atoms with van der Waals surface area (Å²) < 4.78 is 5.28. The number of hydrogen-bond acceptors (Lipinski definition) is 6. The predicted octanol–water partition coefficient (Wildman–Crippen LogP) is 5.41. The quantitative estimate of drug-likeness (QED) is 0.553. The summed E-state index contributed by atoms with van der Waals surface area (Å²) in [6.45, 7) is 2.23. The van der Waals surface area contributed by atoms with E-state index < -0.39 is 0 Å². The van der Waals surface area contributed by atoms with Crippen LogP contribution in [0.15, 0.2) is 28.8 Å². The van der Waals surface area contributed by atoms with E-state index in [1.807, 2.05) is 12.1 Å². The van der Waals surface area contributed by atoms with E-state index >= 15 is 0 Å². The van der Waals surface area contributed by atoms with Crippen molar-refractivity contribution in [3.8, 4) is 17.5 Å². The minimum absolute atomic E-state index is 0.101. The van der Waals surface area contributed by atoms with Crippen LogP contribution in [0.1, 0.15) is 48.1 Å². The van der Waals surface area contributed by atoms with Crippen LogP contribution in [-0.2, 0) is 24.1 Å². The summed E-state index contributed by atoms with van der Waals surface area (Å²) in [5.41, 5.74) is 2.59. The van der Waals surface area contributed by atoms with Crippen molar-refractivity contribution in [1.29, 1.82) is 5.26 Å². The van der Waals surface area contributed by atoms with Gasteiger partial charge in [-0.05, 0) is 61.4 Å². The Balaban J connectivity index is 1.32. The van der Waals surface area contributed by atoms with E-state index in [4.69, 9.17) is 16.1 Å². The normalized spacial score (nSPS) is 15.4. The fourth-order valence-electron chi connectivity index (χ4n) is 3.62. The fraction of sp³-hybridized carbons (Fsp3) is 0.364. The first kappa shape index (κ1) is 20.6. The first-order valence-electron chi connectivity index (χ1n) is 9.96. The third-order valence-corrected chi connectivity index (χ3v) is 6.66. The van der Waals surface area contributed by atoms with Crippen LogP contribution in [0.3, 0.4) is 0 Å². The van der Waals surface area contributed by atoms with Crippen LogP contribution < -0.4 is 5.32 Å². The number of fused-ring (bicyclic) bond motifs is 1. The molecule has 4 rings (SSSR count).